The number of benzene rings is 2. The van der Waals surface area contributed by atoms with Crippen LogP contribution in [-0.2, 0) is 19.2 Å². The predicted molar refractivity (Wildman–Crippen MR) is 108 cm³/mol. The van der Waals surface area contributed by atoms with Crippen molar-refractivity contribution in [2.24, 2.45) is 11.7 Å². The predicted octanol–water partition coefficient (Wildman–Crippen LogP) is 1.81. The number of imide groups is 1. The molecule has 2 aliphatic heterocycles. The molecule has 3 atom stereocenters. The maximum absolute atomic E-state index is 13.3. The summed E-state index contributed by atoms with van der Waals surface area (Å²) >= 11 is 0. The van der Waals surface area contributed by atoms with Gasteiger partial charge in [0.05, 0.1) is 23.8 Å². The van der Waals surface area contributed by atoms with Crippen LogP contribution in [0.3, 0.4) is 0 Å². The zero-order chi connectivity index (χ0) is 21.4. The Morgan fingerprint density at radius 2 is 1.73 bits per heavy atom. The van der Waals surface area contributed by atoms with Crippen LogP contribution in [-0.4, -0.2) is 41.5 Å². The highest BCUT2D eigenvalue weighted by Crippen LogP contribution is 2.45. The van der Waals surface area contributed by atoms with Gasteiger partial charge in [-0.2, -0.15) is 5.06 Å². The first-order valence-corrected chi connectivity index (χ1v) is 9.78. The summed E-state index contributed by atoms with van der Waals surface area (Å²) in [6, 6.07) is 15.3. The second-order valence-electron chi connectivity index (χ2n) is 7.62. The molecule has 3 amide bonds. The van der Waals surface area contributed by atoms with Crippen LogP contribution in [0.15, 0.2) is 54.6 Å². The lowest BCUT2D eigenvalue weighted by atomic mass is 9.90. The van der Waals surface area contributed by atoms with Gasteiger partial charge < -0.3 is 10.5 Å². The Bertz CT molecular complexity index is 960. The Morgan fingerprint density at radius 1 is 1.07 bits per heavy atom. The van der Waals surface area contributed by atoms with Crippen LogP contribution in [0.4, 0.5) is 5.69 Å². The van der Waals surface area contributed by atoms with Gasteiger partial charge in [0.1, 0.15) is 12.3 Å². The fourth-order valence-electron chi connectivity index (χ4n) is 3.98. The van der Waals surface area contributed by atoms with E-state index in [9.17, 15) is 14.4 Å². The van der Waals surface area contributed by atoms with Gasteiger partial charge in [0.15, 0.2) is 6.10 Å². The van der Waals surface area contributed by atoms with Crippen molar-refractivity contribution in [2.45, 2.75) is 32.1 Å². The van der Waals surface area contributed by atoms with E-state index >= 15 is 0 Å². The average Bonchev–Trinajstić information content (AvgIpc) is 3.17. The monoisotopic (exact) mass is 409 g/mol. The Hall–Kier alpha value is -3.23. The fourth-order valence-corrected chi connectivity index (χ4v) is 3.98. The van der Waals surface area contributed by atoms with E-state index in [0.29, 0.717) is 11.4 Å². The minimum Gasteiger partial charge on any atom is -0.491 e. The Kier molecular flexibility index (Phi) is 5.27. The van der Waals surface area contributed by atoms with E-state index in [1.807, 2.05) is 32.0 Å². The molecule has 0 saturated carbocycles. The van der Waals surface area contributed by atoms with Gasteiger partial charge in [0, 0.05) is 0 Å². The quantitative estimate of drug-likeness (QED) is 0.730. The van der Waals surface area contributed by atoms with Crippen LogP contribution in [0.1, 0.15) is 25.5 Å². The maximum atomic E-state index is 13.3. The summed E-state index contributed by atoms with van der Waals surface area (Å²) < 4.78 is 5.67. The highest BCUT2D eigenvalue weighted by molar-refractivity contribution is 6.23. The second kappa shape index (κ2) is 7.89. The maximum Gasteiger partial charge on any atom is 0.265 e. The molecule has 0 aliphatic carbocycles. The van der Waals surface area contributed by atoms with Gasteiger partial charge in [0.2, 0.25) is 11.8 Å². The number of fused-ring (bicyclic) bond motifs is 1. The molecule has 2 heterocycles. The van der Waals surface area contributed by atoms with Crippen molar-refractivity contribution >= 4 is 23.4 Å². The van der Waals surface area contributed by atoms with Crippen molar-refractivity contribution in [3.8, 4) is 5.75 Å². The molecule has 3 unspecified atom stereocenters. The number of para-hydroxylation sites is 1. The van der Waals surface area contributed by atoms with Crippen molar-refractivity contribution in [1.29, 1.82) is 0 Å². The Labute approximate surface area is 174 Å². The fraction of sp³-hybridized carbons (Fsp3) is 0.318. The van der Waals surface area contributed by atoms with Crippen molar-refractivity contribution in [3.05, 3.63) is 60.2 Å². The summed E-state index contributed by atoms with van der Waals surface area (Å²) in [5, 5.41) is 1.34. The molecule has 156 valence electrons. The normalized spacial score (nSPS) is 23.8. The van der Waals surface area contributed by atoms with Crippen molar-refractivity contribution in [3.63, 3.8) is 0 Å². The number of hydroxylamine groups is 2. The van der Waals surface area contributed by atoms with E-state index in [4.69, 9.17) is 15.3 Å². The van der Waals surface area contributed by atoms with Crippen LogP contribution >= 0.6 is 0 Å². The molecule has 0 bridgehead atoms. The SMILES string of the molecule is CC(C)Oc1ccc(C2C3C(=O)N(c4ccccc4)C(=O)C3ON2CC(N)=O)cc1. The molecular weight excluding hydrogens is 386 g/mol. The van der Waals surface area contributed by atoms with E-state index in [1.54, 1.807) is 36.4 Å². The number of nitrogens with two attached hydrogens (primary N) is 1. The van der Waals surface area contributed by atoms with E-state index in [2.05, 4.69) is 0 Å². The smallest absolute Gasteiger partial charge is 0.265 e. The number of primary amides is 1. The van der Waals surface area contributed by atoms with Crippen LogP contribution in [0.5, 0.6) is 5.75 Å². The van der Waals surface area contributed by atoms with Gasteiger partial charge in [-0.3, -0.25) is 19.2 Å². The van der Waals surface area contributed by atoms with Gasteiger partial charge in [-0.25, -0.2) is 4.90 Å². The third kappa shape index (κ3) is 3.55. The van der Waals surface area contributed by atoms with E-state index in [0.717, 1.165) is 10.5 Å². The Balaban J connectivity index is 1.68. The number of carbonyl (C=O) groups is 3. The Morgan fingerprint density at radius 3 is 2.33 bits per heavy atom. The first kappa shape index (κ1) is 20.1. The molecule has 8 heteroatoms. The van der Waals surface area contributed by atoms with Gasteiger partial charge >= 0.3 is 0 Å². The largest absolute Gasteiger partial charge is 0.491 e. The number of nitrogens with zero attached hydrogens (tertiary/aromatic N) is 2. The van der Waals surface area contributed by atoms with Crippen LogP contribution in [0, 0.1) is 5.92 Å². The van der Waals surface area contributed by atoms with E-state index < -0.39 is 29.9 Å². The third-order valence-corrected chi connectivity index (χ3v) is 5.11. The van der Waals surface area contributed by atoms with Crippen molar-refractivity contribution in [2.75, 3.05) is 11.4 Å². The van der Waals surface area contributed by atoms with Gasteiger partial charge in [-0.1, -0.05) is 30.3 Å². The lowest BCUT2D eigenvalue weighted by Gasteiger charge is -2.26. The lowest BCUT2D eigenvalue weighted by Crippen LogP contribution is -2.40. The van der Waals surface area contributed by atoms with Crippen LogP contribution in [0.25, 0.3) is 0 Å². The van der Waals surface area contributed by atoms with Crippen molar-refractivity contribution in [1.82, 2.24) is 5.06 Å². The van der Waals surface area contributed by atoms with Gasteiger partial charge in [-0.05, 0) is 43.7 Å². The van der Waals surface area contributed by atoms with Crippen LogP contribution < -0.4 is 15.4 Å². The van der Waals surface area contributed by atoms with Crippen LogP contribution in [0.2, 0.25) is 0 Å². The molecule has 2 N–H and O–H groups in total. The molecule has 2 saturated heterocycles. The molecule has 30 heavy (non-hydrogen) atoms. The first-order valence-electron chi connectivity index (χ1n) is 9.78. The molecule has 2 aromatic rings. The van der Waals surface area contributed by atoms with Crippen molar-refractivity contribution < 1.29 is 24.0 Å². The lowest BCUT2D eigenvalue weighted by molar-refractivity contribution is -0.175. The number of hydrogen-bond donors (Lipinski definition) is 1. The minimum absolute atomic E-state index is 0.0230. The first-order chi connectivity index (χ1) is 14.4. The number of ether oxygens (including phenoxy) is 1. The topological polar surface area (TPSA) is 102 Å². The molecule has 0 radical (unpaired) electrons. The summed E-state index contributed by atoms with van der Waals surface area (Å²) in [6.45, 7) is 3.63. The zero-order valence-corrected chi connectivity index (χ0v) is 16.7. The number of rotatable bonds is 6. The standard InChI is InChI=1S/C22H23N3O5/c1-13(2)29-16-10-8-14(9-11-16)19-18-20(30-24(19)12-17(23)26)22(28)25(21(18)27)15-6-4-3-5-7-15/h3-11,13,18-20H,12H2,1-2H3,(H2,23,26). The number of anilines is 1. The molecule has 4 rings (SSSR count). The zero-order valence-electron chi connectivity index (χ0n) is 16.7. The molecule has 2 aromatic carbocycles. The van der Waals surface area contributed by atoms with E-state index in [1.165, 1.54) is 5.06 Å². The van der Waals surface area contributed by atoms with E-state index in [-0.39, 0.29) is 18.6 Å². The second-order valence-corrected chi connectivity index (χ2v) is 7.62. The minimum atomic E-state index is -1.01. The average molecular weight is 409 g/mol. The molecule has 8 nitrogen and oxygen atoms in total. The van der Waals surface area contributed by atoms with Gasteiger partial charge in [-0.15, -0.1) is 0 Å². The van der Waals surface area contributed by atoms with Gasteiger partial charge in [0.25, 0.3) is 5.91 Å². The molecule has 0 spiro atoms. The summed E-state index contributed by atoms with van der Waals surface area (Å²) in [4.78, 5) is 44.8. The summed E-state index contributed by atoms with van der Waals surface area (Å²) in [5.74, 6) is -1.53. The highest BCUT2D eigenvalue weighted by Gasteiger charge is 2.60. The highest BCUT2D eigenvalue weighted by atomic mass is 16.7. The molecule has 2 aliphatic rings. The summed E-state index contributed by atoms with van der Waals surface area (Å²) in [5.41, 5.74) is 6.59. The summed E-state index contributed by atoms with van der Waals surface area (Å²) in [7, 11) is 0. The molecule has 0 aromatic heterocycles. The molecule has 2 fully saturated rings. The number of carbonyl (C=O) groups excluding carboxylic acids is 3. The third-order valence-electron chi connectivity index (χ3n) is 5.11. The summed E-state index contributed by atoms with van der Waals surface area (Å²) in [6.07, 6.45) is -0.983. The number of hydrogen-bond acceptors (Lipinski definition) is 6. The number of amides is 3. The molecular formula is C22H23N3O5.